The molecule has 1 aliphatic heterocycles. The minimum Gasteiger partial charge on any atom is -0.395 e. The number of aromatic nitrogens is 3. The molecular formula is C21H33N7O. The fourth-order valence-electron chi connectivity index (χ4n) is 3.58. The Balaban J connectivity index is 1.61. The van der Waals surface area contributed by atoms with Crippen molar-refractivity contribution in [3.05, 3.63) is 35.9 Å². The summed E-state index contributed by atoms with van der Waals surface area (Å²) < 4.78 is 0. The van der Waals surface area contributed by atoms with Gasteiger partial charge >= 0.3 is 0 Å². The Kier molecular flexibility index (Phi) is 8.01. The first-order chi connectivity index (χ1) is 14.2. The molecule has 3 N–H and O–H groups in total. The number of anilines is 3. The highest BCUT2D eigenvalue weighted by molar-refractivity contribution is 5.44. The van der Waals surface area contributed by atoms with Gasteiger partial charge in [-0.1, -0.05) is 30.3 Å². The zero-order valence-corrected chi connectivity index (χ0v) is 17.5. The van der Waals surface area contributed by atoms with E-state index in [1.54, 1.807) is 0 Å². The van der Waals surface area contributed by atoms with Gasteiger partial charge in [-0.3, -0.25) is 4.90 Å². The predicted molar refractivity (Wildman–Crippen MR) is 117 cm³/mol. The minimum atomic E-state index is 0.0366. The summed E-state index contributed by atoms with van der Waals surface area (Å²) in [6, 6.07) is 11.0. The van der Waals surface area contributed by atoms with Crippen LogP contribution < -0.4 is 15.5 Å². The molecule has 1 saturated heterocycles. The molecule has 158 valence electrons. The molecular weight excluding hydrogens is 366 g/mol. The largest absolute Gasteiger partial charge is 0.395 e. The number of hydrogen-bond acceptors (Lipinski definition) is 8. The Hall–Kier alpha value is -2.45. The summed E-state index contributed by atoms with van der Waals surface area (Å²) in [6.45, 7) is 9.39. The normalized spacial score (nSPS) is 15.3. The van der Waals surface area contributed by atoms with Crippen LogP contribution in [-0.4, -0.2) is 70.3 Å². The maximum absolute atomic E-state index is 9.09. The van der Waals surface area contributed by atoms with Crippen molar-refractivity contribution < 1.29 is 5.11 Å². The number of nitrogens with zero attached hydrogens (tertiary/aromatic N) is 5. The quantitative estimate of drug-likeness (QED) is 0.560. The molecule has 0 atom stereocenters. The molecule has 2 heterocycles. The van der Waals surface area contributed by atoms with Gasteiger partial charge in [0, 0.05) is 45.3 Å². The Morgan fingerprint density at radius 2 is 1.72 bits per heavy atom. The molecule has 29 heavy (non-hydrogen) atoms. The standard InChI is InChI=1S/C21H33N7O/c1-3-28(4-2)21-25-19(22-12-15-29)24-20(26-21)23-18-10-13-27(14-11-18)16-17-8-6-5-7-9-17/h5-9,18,29H,3-4,10-16H2,1-2H3,(H2,22,23,24,25,26). The molecule has 8 heteroatoms. The molecule has 1 fully saturated rings. The number of aliphatic hydroxyl groups excluding tert-OH is 1. The van der Waals surface area contributed by atoms with Gasteiger partial charge in [0.25, 0.3) is 0 Å². The fraction of sp³-hybridized carbons (Fsp3) is 0.571. The maximum Gasteiger partial charge on any atom is 0.231 e. The molecule has 0 unspecified atom stereocenters. The molecule has 0 radical (unpaired) electrons. The maximum atomic E-state index is 9.09. The van der Waals surface area contributed by atoms with Crippen LogP contribution in [0.15, 0.2) is 30.3 Å². The molecule has 1 aromatic heterocycles. The highest BCUT2D eigenvalue weighted by Gasteiger charge is 2.21. The zero-order chi connectivity index (χ0) is 20.5. The van der Waals surface area contributed by atoms with Crippen molar-refractivity contribution in [2.45, 2.75) is 39.3 Å². The van der Waals surface area contributed by atoms with Gasteiger partial charge in [-0.05, 0) is 32.3 Å². The van der Waals surface area contributed by atoms with Crippen LogP contribution in [0.1, 0.15) is 32.3 Å². The Labute approximate surface area is 173 Å². The van der Waals surface area contributed by atoms with Gasteiger partial charge in [-0.15, -0.1) is 0 Å². The summed E-state index contributed by atoms with van der Waals surface area (Å²) in [6.07, 6.45) is 2.11. The van der Waals surface area contributed by atoms with Crippen molar-refractivity contribution in [3.63, 3.8) is 0 Å². The molecule has 0 spiro atoms. The summed E-state index contributed by atoms with van der Waals surface area (Å²) in [5.41, 5.74) is 1.36. The van der Waals surface area contributed by atoms with Crippen LogP contribution >= 0.6 is 0 Å². The predicted octanol–water partition coefficient (Wildman–Crippen LogP) is 2.20. The number of hydrogen-bond donors (Lipinski definition) is 3. The lowest BCUT2D eigenvalue weighted by atomic mass is 10.0. The van der Waals surface area contributed by atoms with Gasteiger partial charge in [0.05, 0.1) is 6.61 Å². The molecule has 1 aliphatic rings. The third kappa shape index (κ3) is 6.27. The third-order valence-corrected chi connectivity index (χ3v) is 5.23. The highest BCUT2D eigenvalue weighted by Crippen LogP contribution is 2.19. The lowest BCUT2D eigenvalue weighted by Crippen LogP contribution is -2.39. The van der Waals surface area contributed by atoms with Crippen molar-refractivity contribution in [1.82, 2.24) is 19.9 Å². The number of likely N-dealkylation sites (tertiary alicyclic amines) is 1. The van der Waals surface area contributed by atoms with E-state index in [-0.39, 0.29) is 6.61 Å². The van der Waals surface area contributed by atoms with Crippen LogP contribution in [0.25, 0.3) is 0 Å². The van der Waals surface area contributed by atoms with E-state index in [2.05, 4.69) is 79.6 Å². The Morgan fingerprint density at radius 3 is 2.38 bits per heavy atom. The second kappa shape index (κ2) is 10.9. The molecule has 0 aliphatic carbocycles. The molecule has 0 bridgehead atoms. The van der Waals surface area contributed by atoms with E-state index in [0.717, 1.165) is 45.6 Å². The second-order valence-electron chi connectivity index (χ2n) is 7.29. The second-order valence-corrected chi connectivity index (χ2v) is 7.29. The van der Waals surface area contributed by atoms with Crippen molar-refractivity contribution in [1.29, 1.82) is 0 Å². The summed E-state index contributed by atoms with van der Waals surface area (Å²) in [5.74, 6) is 1.76. The minimum absolute atomic E-state index is 0.0366. The van der Waals surface area contributed by atoms with Crippen LogP contribution in [0.4, 0.5) is 17.8 Å². The zero-order valence-electron chi connectivity index (χ0n) is 17.5. The van der Waals surface area contributed by atoms with Crippen molar-refractivity contribution in [3.8, 4) is 0 Å². The van der Waals surface area contributed by atoms with E-state index in [1.165, 1.54) is 5.56 Å². The van der Waals surface area contributed by atoms with Crippen LogP contribution in [0.5, 0.6) is 0 Å². The highest BCUT2D eigenvalue weighted by atomic mass is 16.3. The Bertz CT molecular complexity index is 731. The van der Waals surface area contributed by atoms with E-state index in [4.69, 9.17) is 5.11 Å². The van der Waals surface area contributed by atoms with Gasteiger partial charge in [-0.25, -0.2) is 0 Å². The van der Waals surface area contributed by atoms with Crippen LogP contribution in [0, 0.1) is 0 Å². The first kappa shape index (κ1) is 21.3. The van der Waals surface area contributed by atoms with Crippen LogP contribution in [-0.2, 0) is 6.54 Å². The van der Waals surface area contributed by atoms with Crippen molar-refractivity contribution in [2.75, 3.05) is 54.9 Å². The molecule has 1 aromatic carbocycles. The number of nitrogens with one attached hydrogen (secondary N) is 2. The molecule has 0 amide bonds. The van der Waals surface area contributed by atoms with E-state index < -0.39 is 0 Å². The number of piperidine rings is 1. The van der Waals surface area contributed by atoms with Gasteiger partial charge in [0.2, 0.25) is 17.8 Å². The Morgan fingerprint density at radius 1 is 1.03 bits per heavy atom. The lowest BCUT2D eigenvalue weighted by Gasteiger charge is -2.32. The number of aliphatic hydroxyl groups is 1. The molecule has 8 nitrogen and oxygen atoms in total. The van der Waals surface area contributed by atoms with Crippen molar-refractivity contribution in [2.24, 2.45) is 0 Å². The lowest BCUT2D eigenvalue weighted by molar-refractivity contribution is 0.211. The average molecular weight is 400 g/mol. The van der Waals surface area contributed by atoms with Crippen molar-refractivity contribution >= 4 is 17.8 Å². The van der Waals surface area contributed by atoms with Crippen LogP contribution in [0.2, 0.25) is 0 Å². The summed E-state index contributed by atoms with van der Waals surface area (Å²) in [4.78, 5) is 18.2. The van der Waals surface area contributed by atoms with Gasteiger partial charge in [-0.2, -0.15) is 15.0 Å². The molecule has 2 aromatic rings. The summed E-state index contributed by atoms with van der Waals surface area (Å²) in [5, 5.41) is 15.7. The van der Waals surface area contributed by atoms with E-state index in [1.807, 2.05) is 0 Å². The number of benzene rings is 1. The van der Waals surface area contributed by atoms with Gasteiger partial charge < -0.3 is 20.6 Å². The monoisotopic (exact) mass is 399 g/mol. The number of rotatable bonds is 10. The van der Waals surface area contributed by atoms with E-state index >= 15 is 0 Å². The average Bonchev–Trinajstić information content (AvgIpc) is 2.75. The summed E-state index contributed by atoms with van der Waals surface area (Å²) in [7, 11) is 0. The molecule has 3 rings (SSSR count). The van der Waals surface area contributed by atoms with E-state index in [0.29, 0.717) is 30.4 Å². The smallest absolute Gasteiger partial charge is 0.231 e. The first-order valence-corrected chi connectivity index (χ1v) is 10.6. The van der Waals surface area contributed by atoms with Gasteiger partial charge in [0.15, 0.2) is 0 Å². The van der Waals surface area contributed by atoms with Crippen LogP contribution in [0.3, 0.4) is 0 Å². The van der Waals surface area contributed by atoms with Gasteiger partial charge in [0.1, 0.15) is 0 Å². The molecule has 0 saturated carbocycles. The SMILES string of the molecule is CCN(CC)c1nc(NCCO)nc(NC2CCN(Cc3ccccc3)CC2)n1. The summed E-state index contributed by atoms with van der Waals surface area (Å²) >= 11 is 0. The topological polar surface area (TPSA) is 89.4 Å². The third-order valence-electron chi connectivity index (χ3n) is 5.23. The first-order valence-electron chi connectivity index (χ1n) is 10.6. The van der Waals surface area contributed by atoms with E-state index in [9.17, 15) is 0 Å². The fourth-order valence-corrected chi connectivity index (χ4v) is 3.58.